The molecule has 444 valence electrons. The van der Waals surface area contributed by atoms with Crippen molar-refractivity contribution >= 4 is 15.9 Å². The van der Waals surface area contributed by atoms with E-state index in [4.69, 9.17) is 110 Å². The largest absolute Gasteiger partial charge is 0.394 e. The Balaban J connectivity index is -0.00000120. The highest BCUT2D eigenvalue weighted by Gasteiger charge is 2.33. The quantitative estimate of drug-likeness (QED) is 0.0552. The van der Waals surface area contributed by atoms with Crippen LogP contribution in [0.2, 0.25) is 0 Å². The van der Waals surface area contributed by atoms with Crippen molar-refractivity contribution in [2.24, 2.45) is 10.8 Å². The highest BCUT2D eigenvalue weighted by molar-refractivity contribution is 9.09. The summed E-state index contributed by atoms with van der Waals surface area (Å²) in [5.74, 6) is 0. The highest BCUT2D eigenvalue weighted by Crippen LogP contribution is 2.23. The molecular weight excluding hydrogens is 1040 g/mol. The second-order valence-corrected chi connectivity index (χ2v) is 16.1. The van der Waals surface area contributed by atoms with Crippen LogP contribution >= 0.6 is 15.9 Å². The molecule has 0 atom stereocenters. The second kappa shape index (κ2) is 67.6. The fourth-order valence-electron chi connectivity index (χ4n) is 5.20. The number of halogens is 1. The summed E-state index contributed by atoms with van der Waals surface area (Å²) in [6.45, 7) is 16.8. The summed E-state index contributed by atoms with van der Waals surface area (Å²) in [5.41, 5.74) is -0.867. The highest BCUT2D eigenvalue weighted by atomic mass is 79.9. The second-order valence-electron chi connectivity index (χ2n) is 15.5. The van der Waals surface area contributed by atoms with Crippen LogP contribution < -0.4 is 0 Å². The van der Waals surface area contributed by atoms with Gasteiger partial charge in [-0.05, 0) is 0 Å². The molecule has 0 aliphatic heterocycles. The monoisotopic (exact) mass is 1140 g/mol. The summed E-state index contributed by atoms with van der Waals surface area (Å²) in [5, 5.41) is 25.7. The van der Waals surface area contributed by atoms with Crippen molar-refractivity contribution < 1.29 is 115 Å². The Hall–Kier alpha value is -0.480. The van der Waals surface area contributed by atoms with E-state index in [0.717, 1.165) is 0 Å². The van der Waals surface area contributed by atoms with E-state index in [9.17, 15) is 0 Å². The van der Waals surface area contributed by atoms with Crippen LogP contribution in [0, 0.1) is 10.8 Å². The van der Waals surface area contributed by atoms with E-state index in [1.54, 1.807) is 42.7 Å². The summed E-state index contributed by atoms with van der Waals surface area (Å²) in [4.78, 5) is 0. The van der Waals surface area contributed by atoms with Gasteiger partial charge in [-0.3, -0.25) is 0 Å². The zero-order valence-electron chi connectivity index (χ0n) is 45.6. The molecule has 0 aromatic carbocycles. The van der Waals surface area contributed by atoms with E-state index in [1.807, 2.05) is 0 Å². The number of methoxy groups -OCH3 is 6. The first kappa shape index (κ1) is 76.8. The van der Waals surface area contributed by atoms with Crippen LogP contribution in [0.3, 0.4) is 0 Å². The van der Waals surface area contributed by atoms with Gasteiger partial charge in [-0.15, -0.1) is 0 Å². The van der Waals surface area contributed by atoms with Gasteiger partial charge < -0.3 is 115 Å². The maximum Gasteiger partial charge on any atom is 0.0701 e. The minimum absolute atomic E-state index is 0.0230. The molecule has 0 aliphatic rings. The average Bonchev–Trinajstić information content (AvgIpc) is 3.40. The standard InChI is InChI=1S/C24H50O12.C20H41BrO9.C4H10O3/c1-26-6-9-30-13-17-34-21-24(20-33-16-12-29-5-4-25,22-35-18-14-31-10-7-27-2)23-36-19-15-32-11-8-28-3;1-22-4-7-25-10-13-28-17-20(16-21,18-29-14-11-26-8-5-23-2)19-30-15-12-27-9-6-24-3;5-1-3-7-4-2-6/h25H,4-23H2,1-3H3;4-19H2,1-3H3;5-6H,1-4H2. The van der Waals surface area contributed by atoms with Gasteiger partial charge in [0.2, 0.25) is 0 Å². The number of hydrogen-bond acceptors (Lipinski definition) is 24. The number of aliphatic hydroxyl groups is 3. The molecule has 0 amide bonds. The lowest BCUT2D eigenvalue weighted by Gasteiger charge is -2.33. The lowest BCUT2D eigenvalue weighted by molar-refractivity contribution is -0.122. The van der Waals surface area contributed by atoms with Crippen molar-refractivity contribution in [1.82, 2.24) is 0 Å². The van der Waals surface area contributed by atoms with Crippen LogP contribution in [-0.4, -0.2) is 321 Å². The molecule has 0 heterocycles. The van der Waals surface area contributed by atoms with Crippen molar-refractivity contribution in [3.63, 3.8) is 0 Å². The Bertz CT molecular complexity index is 878. The summed E-state index contributed by atoms with van der Waals surface area (Å²) in [6, 6.07) is 0. The van der Waals surface area contributed by atoms with E-state index < -0.39 is 5.41 Å². The minimum Gasteiger partial charge on any atom is -0.394 e. The third-order valence-electron chi connectivity index (χ3n) is 9.04. The molecule has 0 rings (SSSR count). The van der Waals surface area contributed by atoms with Gasteiger partial charge >= 0.3 is 0 Å². The molecule has 0 aromatic heterocycles. The molecule has 25 heteroatoms. The van der Waals surface area contributed by atoms with Crippen LogP contribution in [0.5, 0.6) is 0 Å². The first-order valence-corrected chi connectivity index (χ1v) is 26.0. The van der Waals surface area contributed by atoms with Crippen LogP contribution in [0.15, 0.2) is 0 Å². The molecular formula is C48H101BrO24. The van der Waals surface area contributed by atoms with Crippen LogP contribution in [0.25, 0.3) is 0 Å². The van der Waals surface area contributed by atoms with Gasteiger partial charge in [0.15, 0.2) is 0 Å². The zero-order valence-corrected chi connectivity index (χ0v) is 47.2. The van der Waals surface area contributed by atoms with Gasteiger partial charge in [0.25, 0.3) is 0 Å². The molecule has 0 unspecified atom stereocenters. The van der Waals surface area contributed by atoms with Gasteiger partial charge in [-0.25, -0.2) is 0 Å². The number of rotatable bonds is 60. The molecule has 24 nitrogen and oxygen atoms in total. The number of hydrogen-bond donors (Lipinski definition) is 3. The van der Waals surface area contributed by atoms with Crippen molar-refractivity contribution in [1.29, 1.82) is 0 Å². The Morgan fingerprint density at radius 3 is 0.548 bits per heavy atom. The fraction of sp³-hybridized carbons (Fsp3) is 1.00. The lowest BCUT2D eigenvalue weighted by atomic mass is 9.92. The van der Waals surface area contributed by atoms with Crippen LogP contribution in [0.1, 0.15) is 0 Å². The number of aliphatic hydroxyl groups excluding tert-OH is 3. The Morgan fingerprint density at radius 2 is 0.370 bits per heavy atom. The maximum absolute atomic E-state index is 8.85. The SMILES string of the molecule is COCCOCCOCC(CBr)(COCCOCCOC)COCCOCCOC.COCCOCCOCC(COCCOCCO)(COCCOCCOC)COCCOCCOC.OCCOCCO. The molecule has 0 bridgehead atoms. The predicted octanol–water partition coefficient (Wildman–Crippen LogP) is 0.431. The van der Waals surface area contributed by atoms with E-state index in [1.165, 1.54) is 0 Å². The van der Waals surface area contributed by atoms with E-state index in [0.29, 0.717) is 237 Å². The van der Waals surface area contributed by atoms with Crippen LogP contribution in [-0.2, 0) is 99.5 Å². The first-order chi connectivity index (χ1) is 35.9. The van der Waals surface area contributed by atoms with E-state index in [-0.39, 0.29) is 31.8 Å². The smallest absolute Gasteiger partial charge is 0.0701 e. The molecule has 0 saturated carbocycles. The van der Waals surface area contributed by atoms with Gasteiger partial charge in [-0.2, -0.15) is 0 Å². The maximum atomic E-state index is 8.85. The number of alkyl halides is 1. The molecule has 0 aliphatic carbocycles. The van der Waals surface area contributed by atoms with Crippen molar-refractivity contribution in [3.05, 3.63) is 0 Å². The number of ether oxygens (including phenoxy) is 21. The summed E-state index contributed by atoms with van der Waals surface area (Å²) < 4.78 is 114. The van der Waals surface area contributed by atoms with Crippen molar-refractivity contribution in [3.8, 4) is 0 Å². The Kier molecular flexibility index (Phi) is 71.1. The van der Waals surface area contributed by atoms with E-state index >= 15 is 0 Å². The summed E-state index contributed by atoms with van der Waals surface area (Å²) in [6.07, 6.45) is 0. The minimum atomic E-state index is -0.553. The summed E-state index contributed by atoms with van der Waals surface area (Å²) in [7, 11) is 9.84. The van der Waals surface area contributed by atoms with Crippen LogP contribution in [0.4, 0.5) is 0 Å². The zero-order chi connectivity index (χ0) is 54.1. The van der Waals surface area contributed by atoms with Gasteiger partial charge in [0, 0.05) is 48.0 Å². The molecule has 3 N–H and O–H groups in total. The molecule has 73 heavy (non-hydrogen) atoms. The lowest BCUT2D eigenvalue weighted by Crippen LogP contribution is -2.43. The average molecular weight is 1140 g/mol. The Labute approximate surface area is 446 Å². The Morgan fingerprint density at radius 1 is 0.219 bits per heavy atom. The molecule has 0 aromatic rings. The third kappa shape index (κ3) is 60.6. The normalized spacial score (nSPS) is 11.8. The van der Waals surface area contributed by atoms with Crippen molar-refractivity contribution in [2.75, 3.05) is 306 Å². The molecule has 0 radical (unpaired) electrons. The van der Waals surface area contributed by atoms with E-state index in [2.05, 4.69) is 20.7 Å². The topological polar surface area (TPSA) is 255 Å². The van der Waals surface area contributed by atoms with Gasteiger partial charge in [0.1, 0.15) is 0 Å². The fourth-order valence-corrected chi connectivity index (χ4v) is 5.69. The molecule has 0 fully saturated rings. The van der Waals surface area contributed by atoms with Gasteiger partial charge in [0.05, 0.1) is 268 Å². The first-order valence-electron chi connectivity index (χ1n) is 24.9. The molecule has 0 spiro atoms. The molecule has 0 saturated heterocycles. The van der Waals surface area contributed by atoms with Crippen molar-refractivity contribution in [2.45, 2.75) is 0 Å². The van der Waals surface area contributed by atoms with Gasteiger partial charge in [-0.1, -0.05) is 15.9 Å². The predicted molar refractivity (Wildman–Crippen MR) is 273 cm³/mol. The summed E-state index contributed by atoms with van der Waals surface area (Å²) >= 11 is 3.60. The third-order valence-corrected chi connectivity index (χ3v) is 10.2.